The van der Waals surface area contributed by atoms with Gasteiger partial charge in [0.25, 0.3) is 0 Å². The van der Waals surface area contributed by atoms with Gasteiger partial charge in [-0.05, 0) is 67.3 Å². The molecule has 35 heavy (non-hydrogen) atoms. The summed E-state index contributed by atoms with van der Waals surface area (Å²) >= 11 is 1.43. The van der Waals surface area contributed by atoms with Crippen LogP contribution in [0.5, 0.6) is 11.5 Å². The molecule has 178 valence electrons. The van der Waals surface area contributed by atoms with Gasteiger partial charge in [0.05, 0.1) is 20.1 Å². The van der Waals surface area contributed by atoms with Crippen molar-refractivity contribution in [3.63, 3.8) is 0 Å². The van der Waals surface area contributed by atoms with Gasteiger partial charge in [-0.25, -0.2) is 0 Å². The SMILES string of the molecule is C[N+]1(CC(=O)c2ccc(C(=O)c3c(-c4ccc(O)cc4)sc4cc(O)ccc34)cc2)CCCCC1. The average Bonchev–Trinajstić information content (AvgIpc) is 3.22. The number of fused-ring (bicyclic) bond motifs is 1. The zero-order valence-electron chi connectivity index (χ0n) is 19.7. The first-order chi connectivity index (χ1) is 16.8. The highest BCUT2D eigenvalue weighted by molar-refractivity contribution is 7.22. The van der Waals surface area contributed by atoms with E-state index in [2.05, 4.69) is 7.05 Å². The van der Waals surface area contributed by atoms with Gasteiger partial charge in [0.1, 0.15) is 18.0 Å². The maximum atomic E-state index is 13.7. The minimum absolute atomic E-state index is 0.106. The molecule has 1 aliphatic heterocycles. The van der Waals surface area contributed by atoms with Gasteiger partial charge in [-0.2, -0.15) is 0 Å². The number of hydrogen-bond acceptors (Lipinski definition) is 5. The number of Topliss-reactive ketones (excluding diaryl/α,β-unsaturated/α-hetero) is 1. The predicted molar refractivity (Wildman–Crippen MR) is 139 cm³/mol. The summed E-state index contributed by atoms with van der Waals surface area (Å²) in [5.41, 5.74) is 2.51. The number of nitrogens with zero attached hydrogens (tertiary/aromatic N) is 1. The number of ketones is 2. The minimum Gasteiger partial charge on any atom is -0.508 e. The summed E-state index contributed by atoms with van der Waals surface area (Å²) in [5.74, 6) is 0.262. The van der Waals surface area contributed by atoms with Crippen molar-refractivity contribution in [2.45, 2.75) is 19.3 Å². The number of carbonyl (C=O) groups excluding carboxylic acids is 2. The van der Waals surface area contributed by atoms with Crippen LogP contribution in [0.1, 0.15) is 45.5 Å². The number of likely N-dealkylation sites (N-methyl/N-ethyl adjacent to an activating group) is 1. The summed E-state index contributed by atoms with van der Waals surface area (Å²) in [5, 5.41) is 20.4. The predicted octanol–water partition coefficient (Wildman–Crippen LogP) is 6.02. The molecule has 0 unspecified atom stereocenters. The summed E-state index contributed by atoms with van der Waals surface area (Å²) in [6.07, 6.45) is 3.56. The molecule has 5 nitrogen and oxygen atoms in total. The summed E-state index contributed by atoms with van der Waals surface area (Å²) in [6, 6.07) is 18.7. The fourth-order valence-electron chi connectivity index (χ4n) is 4.95. The number of benzene rings is 3. The number of thiophene rings is 1. The first-order valence-corrected chi connectivity index (χ1v) is 12.7. The van der Waals surface area contributed by atoms with Crippen molar-refractivity contribution < 1.29 is 24.3 Å². The van der Waals surface area contributed by atoms with Crippen molar-refractivity contribution in [1.82, 2.24) is 0 Å². The Hall–Kier alpha value is -3.48. The van der Waals surface area contributed by atoms with Crippen LogP contribution in [0.2, 0.25) is 0 Å². The van der Waals surface area contributed by atoms with Gasteiger partial charge >= 0.3 is 0 Å². The van der Waals surface area contributed by atoms with Crippen molar-refractivity contribution in [2.24, 2.45) is 0 Å². The molecule has 1 aliphatic rings. The Morgan fingerprint density at radius 2 is 1.46 bits per heavy atom. The molecule has 0 atom stereocenters. The lowest BCUT2D eigenvalue weighted by atomic mass is 9.96. The fourth-order valence-corrected chi connectivity index (χ4v) is 6.19. The zero-order chi connectivity index (χ0) is 24.6. The van der Waals surface area contributed by atoms with E-state index in [1.807, 2.05) is 0 Å². The summed E-state index contributed by atoms with van der Waals surface area (Å²) in [4.78, 5) is 27.5. The Kier molecular flexibility index (Phi) is 6.17. The third-order valence-electron chi connectivity index (χ3n) is 6.92. The lowest BCUT2D eigenvalue weighted by Crippen LogP contribution is -2.50. The van der Waals surface area contributed by atoms with Crippen LogP contribution in [0.25, 0.3) is 20.5 Å². The number of piperidine rings is 1. The normalized spacial score (nSPS) is 15.2. The molecular formula is C29H28NO4S+. The van der Waals surface area contributed by atoms with E-state index in [0.717, 1.165) is 50.9 Å². The second-order valence-corrected chi connectivity index (χ2v) is 10.7. The highest BCUT2D eigenvalue weighted by Crippen LogP contribution is 2.41. The first kappa shape index (κ1) is 23.3. The molecule has 0 aliphatic carbocycles. The Labute approximate surface area is 208 Å². The molecule has 2 heterocycles. The largest absolute Gasteiger partial charge is 0.508 e. The molecule has 1 saturated heterocycles. The number of likely N-dealkylation sites (tertiary alicyclic amines) is 1. The van der Waals surface area contributed by atoms with Gasteiger partial charge in [0.15, 0.2) is 5.78 Å². The molecule has 5 rings (SSSR count). The monoisotopic (exact) mass is 486 g/mol. The van der Waals surface area contributed by atoms with Crippen molar-refractivity contribution in [1.29, 1.82) is 0 Å². The number of hydrogen-bond donors (Lipinski definition) is 2. The van der Waals surface area contributed by atoms with E-state index in [4.69, 9.17) is 0 Å². The van der Waals surface area contributed by atoms with Gasteiger partial charge in [0, 0.05) is 31.7 Å². The molecule has 4 aromatic rings. The molecule has 1 aromatic heterocycles. The van der Waals surface area contributed by atoms with Crippen LogP contribution in [0, 0.1) is 0 Å². The molecular weight excluding hydrogens is 458 g/mol. The van der Waals surface area contributed by atoms with Gasteiger partial charge in [-0.1, -0.05) is 24.3 Å². The van der Waals surface area contributed by atoms with Gasteiger partial charge < -0.3 is 14.7 Å². The average molecular weight is 487 g/mol. The van der Waals surface area contributed by atoms with E-state index in [0.29, 0.717) is 23.2 Å². The molecule has 0 amide bonds. The summed E-state index contributed by atoms with van der Waals surface area (Å²) in [6.45, 7) is 2.54. The molecule has 1 fully saturated rings. The lowest BCUT2D eigenvalue weighted by Gasteiger charge is -2.37. The molecule has 0 bridgehead atoms. The topological polar surface area (TPSA) is 74.6 Å². The van der Waals surface area contributed by atoms with E-state index in [1.54, 1.807) is 66.7 Å². The van der Waals surface area contributed by atoms with E-state index in [9.17, 15) is 19.8 Å². The Morgan fingerprint density at radius 3 is 2.14 bits per heavy atom. The number of carbonyl (C=O) groups is 2. The smallest absolute Gasteiger partial charge is 0.216 e. The van der Waals surface area contributed by atoms with E-state index in [-0.39, 0.29) is 23.1 Å². The molecule has 2 N–H and O–H groups in total. The first-order valence-electron chi connectivity index (χ1n) is 11.9. The van der Waals surface area contributed by atoms with E-state index >= 15 is 0 Å². The maximum Gasteiger partial charge on any atom is 0.216 e. The van der Waals surface area contributed by atoms with Crippen LogP contribution in [0.3, 0.4) is 0 Å². The van der Waals surface area contributed by atoms with Crippen LogP contribution >= 0.6 is 11.3 Å². The quantitative estimate of drug-likeness (QED) is 0.258. The van der Waals surface area contributed by atoms with Gasteiger partial charge in [-0.3, -0.25) is 9.59 Å². The minimum atomic E-state index is -0.140. The summed E-state index contributed by atoms with van der Waals surface area (Å²) in [7, 11) is 2.15. The number of phenolic OH excluding ortho intramolecular Hbond substituents is 2. The van der Waals surface area contributed by atoms with Crippen LogP contribution in [-0.2, 0) is 0 Å². The Bertz CT molecular complexity index is 1400. The fraction of sp³-hybridized carbons (Fsp3) is 0.241. The second-order valence-electron chi connectivity index (χ2n) is 9.65. The molecule has 0 spiro atoms. The van der Waals surface area contributed by atoms with E-state index < -0.39 is 0 Å². The highest BCUT2D eigenvalue weighted by Gasteiger charge is 2.28. The van der Waals surface area contributed by atoms with Crippen molar-refractivity contribution >= 4 is 33.0 Å². The Balaban J connectivity index is 1.47. The van der Waals surface area contributed by atoms with Crippen molar-refractivity contribution in [3.8, 4) is 21.9 Å². The standard InChI is InChI=1S/C29H27NO4S/c1-30(15-3-2-4-16-30)18-25(33)19-5-7-20(8-6-19)28(34)27-24-14-13-23(32)17-26(24)35-29(27)21-9-11-22(31)12-10-21/h5-14,17H,2-4,15-16,18H2,1H3,(H-,31,32,33,34)/p+1. The Morgan fingerprint density at radius 1 is 0.829 bits per heavy atom. The number of aromatic hydroxyl groups is 2. The third-order valence-corrected chi connectivity index (χ3v) is 8.12. The van der Waals surface area contributed by atoms with Gasteiger partial charge in [-0.15, -0.1) is 11.3 Å². The second kappa shape index (κ2) is 9.29. The van der Waals surface area contributed by atoms with Crippen molar-refractivity contribution in [3.05, 3.63) is 83.4 Å². The van der Waals surface area contributed by atoms with Gasteiger partial charge in [0.2, 0.25) is 5.78 Å². The van der Waals surface area contributed by atoms with Crippen LogP contribution in [0.4, 0.5) is 0 Å². The molecule has 0 saturated carbocycles. The van der Waals surface area contributed by atoms with Crippen LogP contribution in [0.15, 0.2) is 66.7 Å². The lowest BCUT2D eigenvalue weighted by molar-refractivity contribution is -0.906. The number of rotatable bonds is 6. The number of phenols is 2. The van der Waals surface area contributed by atoms with E-state index in [1.165, 1.54) is 17.8 Å². The number of quaternary nitrogens is 1. The molecule has 6 heteroatoms. The van der Waals surface area contributed by atoms with Crippen LogP contribution < -0.4 is 0 Å². The molecule has 0 radical (unpaired) electrons. The third kappa shape index (κ3) is 4.72. The van der Waals surface area contributed by atoms with Crippen molar-refractivity contribution in [2.75, 3.05) is 26.7 Å². The highest BCUT2D eigenvalue weighted by atomic mass is 32.1. The maximum absolute atomic E-state index is 13.7. The zero-order valence-corrected chi connectivity index (χ0v) is 20.5. The molecule has 3 aromatic carbocycles. The van der Waals surface area contributed by atoms with Crippen LogP contribution in [-0.4, -0.2) is 52.9 Å². The summed E-state index contributed by atoms with van der Waals surface area (Å²) < 4.78 is 1.59.